The Kier molecular flexibility index (Phi) is 8.48. The molecule has 10 heteroatoms. The highest BCUT2D eigenvalue weighted by Crippen LogP contribution is 2.20. The summed E-state index contributed by atoms with van der Waals surface area (Å²) in [5.74, 6) is 4.98. The van der Waals surface area contributed by atoms with Crippen LogP contribution >= 0.6 is 0 Å². The number of H-pyrrole nitrogens is 1. The molecule has 2 heterocycles. The molecule has 0 unspecified atom stereocenters. The van der Waals surface area contributed by atoms with E-state index in [-0.39, 0.29) is 28.1 Å². The summed E-state index contributed by atoms with van der Waals surface area (Å²) in [5.41, 5.74) is 2.15. The van der Waals surface area contributed by atoms with E-state index in [1.807, 2.05) is 11.1 Å². The van der Waals surface area contributed by atoms with Crippen molar-refractivity contribution in [1.82, 2.24) is 25.7 Å². The normalized spacial score (nSPS) is 14.1. The number of carbonyl (C=O) groups is 1. The standard InChI is InChI=1S/C26H28FN5O3S/c27-24-8-4-20(5-9-24)3-6-22-16-23(26(33)29-11-1-2-21-17-30-31-18-21)7-10-25(22)36(34,35)19-32-14-12-28-13-15-32/h4-5,7-10,16-18,28H,1-2,11-15,19H2,(H,29,33)(H,30,31). The van der Waals surface area contributed by atoms with Crippen LogP contribution in [0.1, 0.15) is 33.5 Å². The van der Waals surface area contributed by atoms with Gasteiger partial charge in [0.15, 0.2) is 9.84 Å². The number of piperazine rings is 1. The van der Waals surface area contributed by atoms with Crippen LogP contribution in [0, 0.1) is 17.7 Å². The summed E-state index contributed by atoms with van der Waals surface area (Å²) in [6.45, 7) is 3.19. The van der Waals surface area contributed by atoms with Crippen molar-refractivity contribution in [3.05, 3.63) is 82.9 Å². The van der Waals surface area contributed by atoms with Crippen LogP contribution in [-0.4, -0.2) is 68.0 Å². The second-order valence-electron chi connectivity index (χ2n) is 8.55. The first kappa shape index (κ1) is 25.6. The number of benzene rings is 2. The molecule has 4 rings (SSSR count). The van der Waals surface area contributed by atoms with Gasteiger partial charge in [-0.05, 0) is 60.9 Å². The first-order chi connectivity index (χ1) is 17.4. The number of aromatic nitrogens is 2. The summed E-state index contributed by atoms with van der Waals surface area (Å²) >= 11 is 0. The van der Waals surface area contributed by atoms with E-state index in [4.69, 9.17) is 0 Å². The van der Waals surface area contributed by atoms with Gasteiger partial charge in [0.05, 0.1) is 11.1 Å². The molecule has 1 saturated heterocycles. The second-order valence-corrected chi connectivity index (χ2v) is 10.5. The van der Waals surface area contributed by atoms with E-state index >= 15 is 0 Å². The molecule has 0 saturated carbocycles. The lowest BCUT2D eigenvalue weighted by atomic mass is 10.1. The second kappa shape index (κ2) is 11.9. The van der Waals surface area contributed by atoms with Gasteiger partial charge in [-0.1, -0.05) is 11.8 Å². The fourth-order valence-electron chi connectivity index (χ4n) is 3.87. The van der Waals surface area contributed by atoms with Gasteiger partial charge >= 0.3 is 0 Å². The number of halogens is 1. The van der Waals surface area contributed by atoms with Crippen molar-refractivity contribution < 1.29 is 17.6 Å². The summed E-state index contributed by atoms with van der Waals surface area (Å²) < 4.78 is 39.8. The third-order valence-electron chi connectivity index (χ3n) is 5.81. The fourth-order valence-corrected chi connectivity index (χ4v) is 5.47. The quantitative estimate of drug-likeness (QED) is 0.317. The van der Waals surface area contributed by atoms with Gasteiger partial charge in [-0.2, -0.15) is 5.10 Å². The molecular weight excluding hydrogens is 481 g/mol. The molecule has 3 N–H and O–H groups in total. The third-order valence-corrected chi connectivity index (χ3v) is 7.54. The van der Waals surface area contributed by atoms with Gasteiger partial charge in [-0.25, -0.2) is 12.8 Å². The van der Waals surface area contributed by atoms with Crippen LogP contribution in [0.4, 0.5) is 4.39 Å². The first-order valence-corrected chi connectivity index (χ1v) is 13.4. The van der Waals surface area contributed by atoms with E-state index in [9.17, 15) is 17.6 Å². The Labute approximate surface area is 210 Å². The average Bonchev–Trinajstić information content (AvgIpc) is 3.40. The lowest BCUT2D eigenvalue weighted by Crippen LogP contribution is -2.45. The predicted octanol–water partition coefficient (Wildman–Crippen LogP) is 1.95. The molecule has 0 bridgehead atoms. The summed E-state index contributed by atoms with van der Waals surface area (Å²) in [5, 5.41) is 12.7. The van der Waals surface area contributed by atoms with Crippen LogP contribution in [0.5, 0.6) is 0 Å². The number of hydrogen-bond donors (Lipinski definition) is 3. The summed E-state index contributed by atoms with van der Waals surface area (Å²) in [6, 6.07) is 10.1. The number of nitrogens with zero attached hydrogens (tertiary/aromatic N) is 2. The third kappa shape index (κ3) is 7.01. The van der Waals surface area contributed by atoms with Crippen LogP contribution < -0.4 is 10.6 Å². The molecule has 188 valence electrons. The Bertz CT molecular complexity index is 1340. The van der Waals surface area contributed by atoms with Crippen LogP contribution in [-0.2, 0) is 16.3 Å². The van der Waals surface area contributed by atoms with Crippen molar-refractivity contribution in [1.29, 1.82) is 0 Å². The molecule has 0 atom stereocenters. The Morgan fingerprint density at radius 2 is 1.89 bits per heavy atom. The number of hydrogen-bond acceptors (Lipinski definition) is 6. The topological polar surface area (TPSA) is 107 Å². The molecule has 1 aliphatic rings. The molecule has 1 aliphatic heterocycles. The first-order valence-electron chi connectivity index (χ1n) is 11.7. The number of aryl methyl sites for hydroxylation is 1. The number of carbonyl (C=O) groups excluding carboxylic acids is 1. The maximum Gasteiger partial charge on any atom is 0.251 e. The molecule has 0 radical (unpaired) electrons. The molecule has 36 heavy (non-hydrogen) atoms. The van der Waals surface area contributed by atoms with Gasteiger partial charge in [-0.3, -0.25) is 14.8 Å². The Morgan fingerprint density at radius 3 is 2.61 bits per heavy atom. The molecule has 8 nitrogen and oxygen atoms in total. The summed E-state index contributed by atoms with van der Waals surface area (Å²) in [7, 11) is -3.70. The Hall–Kier alpha value is -3.52. The van der Waals surface area contributed by atoms with Gasteiger partial charge in [0.2, 0.25) is 0 Å². The van der Waals surface area contributed by atoms with Gasteiger partial charge in [-0.15, -0.1) is 0 Å². The van der Waals surface area contributed by atoms with Gasteiger partial charge in [0.1, 0.15) is 11.7 Å². The highest BCUT2D eigenvalue weighted by Gasteiger charge is 2.24. The van der Waals surface area contributed by atoms with E-state index in [1.165, 1.54) is 42.5 Å². The van der Waals surface area contributed by atoms with Crippen LogP contribution in [0.2, 0.25) is 0 Å². The van der Waals surface area contributed by atoms with E-state index in [0.717, 1.165) is 31.5 Å². The fraction of sp³-hybridized carbons (Fsp3) is 0.308. The highest BCUT2D eigenvalue weighted by atomic mass is 32.2. The SMILES string of the molecule is O=C(NCCCc1cn[nH]c1)c1ccc(S(=O)(=O)CN2CCNCC2)c(C#Cc2ccc(F)cc2)c1. The molecule has 1 aromatic heterocycles. The molecule has 0 spiro atoms. The lowest BCUT2D eigenvalue weighted by molar-refractivity contribution is 0.0953. The zero-order valence-electron chi connectivity index (χ0n) is 19.8. The van der Waals surface area contributed by atoms with Crippen molar-refractivity contribution in [2.75, 3.05) is 38.6 Å². The van der Waals surface area contributed by atoms with E-state index in [0.29, 0.717) is 30.8 Å². The van der Waals surface area contributed by atoms with Crippen molar-refractivity contribution in [3.63, 3.8) is 0 Å². The van der Waals surface area contributed by atoms with E-state index in [1.54, 1.807) is 6.20 Å². The number of nitrogens with one attached hydrogen (secondary N) is 3. The summed E-state index contributed by atoms with van der Waals surface area (Å²) in [4.78, 5) is 14.7. The number of amides is 1. The molecule has 1 fully saturated rings. The number of aromatic amines is 1. The van der Waals surface area contributed by atoms with Crippen LogP contribution in [0.15, 0.2) is 59.8 Å². The van der Waals surface area contributed by atoms with Crippen molar-refractivity contribution >= 4 is 15.7 Å². The molecule has 1 amide bonds. The van der Waals surface area contributed by atoms with Crippen LogP contribution in [0.3, 0.4) is 0 Å². The van der Waals surface area contributed by atoms with E-state index < -0.39 is 9.84 Å². The zero-order valence-corrected chi connectivity index (χ0v) is 20.6. The predicted molar refractivity (Wildman–Crippen MR) is 135 cm³/mol. The van der Waals surface area contributed by atoms with Crippen LogP contribution in [0.25, 0.3) is 0 Å². The highest BCUT2D eigenvalue weighted by molar-refractivity contribution is 7.91. The monoisotopic (exact) mass is 509 g/mol. The maximum atomic E-state index is 13.3. The minimum atomic E-state index is -3.70. The zero-order chi connectivity index (χ0) is 25.4. The molecular formula is C26H28FN5O3S. The number of rotatable bonds is 8. The Morgan fingerprint density at radius 1 is 1.11 bits per heavy atom. The molecule has 2 aromatic carbocycles. The maximum absolute atomic E-state index is 13.3. The molecule has 0 aliphatic carbocycles. The summed E-state index contributed by atoms with van der Waals surface area (Å²) in [6.07, 6.45) is 5.06. The van der Waals surface area contributed by atoms with E-state index in [2.05, 4.69) is 32.7 Å². The van der Waals surface area contributed by atoms with Crippen molar-refractivity contribution in [3.8, 4) is 11.8 Å². The van der Waals surface area contributed by atoms with Crippen molar-refractivity contribution in [2.45, 2.75) is 17.7 Å². The average molecular weight is 510 g/mol. The largest absolute Gasteiger partial charge is 0.352 e. The Balaban J connectivity index is 1.55. The van der Waals surface area contributed by atoms with Gasteiger partial charge in [0, 0.05) is 55.6 Å². The smallest absolute Gasteiger partial charge is 0.251 e. The van der Waals surface area contributed by atoms with Gasteiger partial charge in [0.25, 0.3) is 5.91 Å². The minimum Gasteiger partial charge on any atom is -0.352 e. The number of sulfone groups is 1. The van der Waals surface area contributed by atoms with Crippen molar-refractivity contribution in [2.24, 2.45) is 0 Å². The minimum absolute atomic E-state index is 0.0761. The van der Waals surface area contributed by atoms with Gasteiger partial charge < -0.3 is 10.6 Å². The molecule has 3 aromatic rings. The lowest BCUT2D eigenvalue weighted by Gasteiger charge is -2.26.